The van der Waals surface area contributed by atoms with Gasteiger partial charge < -0.3 is 14.8 Å². The van der Waals surface area contributed by atoms with Crippen molar-refractivity contribution in [3.63, 3.8) is 0 Å². The van der Waals surface area contributed by atoms with Gasteiger partial charge in [-0.2, -0.15) is 5.10 Å². The number of urea groups is 1. The first kappa shape index (κ1) is 22.1. The summed E-state index contributed by atoms with van der Waals surface area (Å²) < 4.78 is 11.2. The Morgan fingerprint density at radius 3 is 2.48 bits per heavy atom. The Morgan fingerprint density at radius 2 is 1.77 bits per heavy atom. The molecule has 0 spiro atoms. The van der Waals surface area contributed by atoms with Gasteiger partial charge in [0, 0.05) is 18.2 Å². The van der Waals surface area contributed by atoms with Gasteiger partial charge in [-0.05, 0) is 42.7 Å². The Hall–Kier alpha value is -3.62. The number of rotatable bonds is 9. The van der Waals surface area contributed by atoms with Gasteiger partial charge in [0.2, 0.25) is 0 Å². The third-order valence-corrected chi connectivity index (χ3v) is 4.85. The lowest BCUT2D eigenvalue weighted by Gasteiger charge is -2.22. The van der Waals surface area contributed by atoms with E-state index in [0.29, 0.717) is 24.7 Å². The van der Waals surface area contributed by atoms with Crippen molar-refractivity contribution in [1.82, 2.24) is 10.7 Å². The van der Waals surface area contributed by atoms with Crippen molar-refractivity contribution in [3.8, 4) is 11.5 Å². The second-order valence-electron chi connectivity index (χ2n) is 7.20. The summed E-state index contributed by atoms with van der Waals surface area (Å²) in [4.78, 5) is 22.1. The van der Waals surface area contributed by atoms with Gasteiger partial charge in [-0.15, -0.1) is 0 Å². The zero-order chi connectivity index (χ0) is 21.9. The molecular weight excluding hydrogens is 400 g/mol. The zero-order valence-electron chi connectivity index (χ0n) is 17.2. The highest BCUT2D eigenvalue weighted by Gasteiger charge is 2.14. The minimum Gasteiger partial charge on any atom is -0.490 e. The summed E-state index contributed by atoms with van der Waals surface area (Å²) in [5, 5.41) is 17.6. The topological polar surface area (TPSA) is 115 Å². The lowest BCUT2D eigenvalue weighted by molar-refractivity contribution is -0.384. The number of amides is 2. The van der Waals surface area contributed by atoms with Crippen molar-refractivity contribution < 1.29 is 19.2 Å². The molecule has 2 aromatic carbocycles. The van der Waals surface area contributed by atoms with E-state index >= 15 is 0 Å². The van der Waals surface area contributed by atoms with E-state index in [2.05, 4.69) is 15.8 Å². The molecule has 1 aliphatic carbocycles. The van der Waals surface area contributed by atoms with Gasteiger partial charge in [0.1, 0.15) is 24.7 Å². The van der Waals surface area contributed by atoms with Crippen LogP contribution in [0.5, 0.6) is 11.5 Å². The fourth-order valence-electron chi connectivity index (χ4n) is 3.30. The van der Waals surface area contributed by atoms with Gasteiger partial charge in [0.05, 0.1) is 11.1 Å². The maximum absolute atomic E-state index is 11.9. The molecule has 1 aliphatic rings. The standard InChI is InChI=1S/C22H26N4O5/c27-22(24-18-6-2-1-3-7-18)25-23-16-17-5-4-8-21(15-17)31-14-13-30-20-11-9-19(10-12-20)26(28)29/h4-5,8-12,15-16,18H,1-3,6-7,13-14H2,(H2,24,25,27)/b23-16+. The number of nitro groups is 1. The van der Waals surface area contributed by atoms with Crippen LogP contribution in [0.25, 0.3) is 0 Å². The molecule has 1 fully saturated rings. The summed E-state index contributed by atoms with van der Waals surface area (Å²) >= 11 is 0. The number of hydrazone groups is 1. The average molecular weight is 426 g/mol. The number of hydrogen-bond acceptors (Lipinski definition) is 6. The van der Waals surface area contributed by atoms with Gasteiger partial charge in [-0.25, -0.2) is 10.2 Å². The Balaban J connectivity index is 1.38. The largest absolute Gasteiger partial charge is 0.490 e. The Kier molecular flexibility index (Phi) is 8.21. The molecule has 0 unspecified atom stereocenters. The first-order chi connectivity index (χ1) is 15.1. The lowest BCUT2D eigenvalue weighted by atomic mass is 9.96. The molecular formula is C22H26N4O5. The van der Waals surface area contributed by atoms with Gasteiger partial charge in [-0.1, -0.05) is 31.4 Å². The second kappa shape index (κ2) is 11.5. The maximum Gasteiger partial charge on any atom is 0.335 e. The van der Waals surface area contributed by atoms with E-state index in [-0.39, 0.29) is 17.8 Å². The van der Waals surface area contributed by atoms with Gasteiger partial charge in [-0.3, -0.25) is 10.1 Å². The first-order valence-electron chi connectivity index (χ1n) is 10.3. The summed E-state index contributed by atoms with van der Waals surface area (Å²) in [5.41, 5.74) is 3.30. The predicted octanol–water partition coefficient (Wildman–Crippen LogP) is 4.02. The lowest BCUT2D eigenvalue weighted by Crippen LogP contribution is -2.41. The SMILES string of the molecule is O=C(N/N=C/c1cccc(OCCOc2ccc([N+](=O)[O-])cc2)c1)NC1CCCCC1. The summed E-state index contributed by atoms with van der Waals surface area (Å²) in [7, 11) is 0. The fourth-order valence-corrected chi connectivity index (χ4v) is 3.30. The number of hydrogen-bond donors (Lipinski definition) is 2. The Bertz CT molecular complexity index is 895. The third-order valence-electron chi connectivity index (χ3n) is 4.85. The number of benzene rings is 2. The van der Waals surface area contributed by atoms with Crippen LogP contribution in [0.15, 0.2) is 53.6 Å². The van der Waals surface area contributed by atoms with Crippen molar-refractivity contribution in [2.75, 3.05) is 13.2 Å². The Morgan fingerprint density at radius 1 is 1.06 bits per heavy atom. The highest BCUT2D eigenvalue weighted by molar-refractivity contribution is 5.82. The average Bonchev–Trinajstić information content (AvgIpc) is 2.78. The molecule has 31 heavy (non-hydrogen) atoms. The fraction of sp³-hybridized carbons (Fsp3) is 0.364. The normalized spacial score (nSPS) is 14.2. The molecule has 0 saturated heterocycles. The molecule has 2 aromatic rings. The summed E-state index contributed by atoms with van der Waals surface area (Å²) in [5.74, 6) is 1.18. The van der Waals surface area contributed by atoms with Gasteiger partial charge in [0.15, 0.2) is 0 Å². The second-order valence-corrected chi connectivity index (χ2v) is 7.20. The number of nitrogens with zero attached hydrogens (tertiary/aromatic N) is 2. The number of non-ortho nitro benzene ring substituents is 1. The molecule has 1 saturated carbocycles. The van der Waals surface area contributed by atoms with Crippen LogP contribution < -0.4 is 20.2 Å². The van der Waals surface area contributed by atoms with Crippen LogP contribution in [0.4, 0.5) is 10.5 Å². The van der Waals surface area contributed by atoms with E-state index in [9.17, 15) is 14.9 Å². The van der Waals surface area contributed by atoms with Crippen molar-refractivity contribution >= 4 is 17.9 Å². The molecule has 2 N–H and O–H groups in total. The van der Waals surface area contributed by atoms with Gasteiger partial charge in [0.25, 0.3) is 5.69 Å². The highest BCUT2D eigenvalue weighted by atomic mass is 16.6. The van der Waals surface area contributed by atoms with Crippen LogP contribution in [0.2, 0.25) is 0 Å². The smallest absolute Gasteiger partial charge is 0.335 e. The molecule has 3 rings (SSSR count). The highest BCUT2D eigenvalue weighted by Crippen LogP contribution is 2.18. The van der Waals surface area contributed by atoms with Crippen LogP contribution in [-0.2, 0) is 0 Å². The van der Waals surface area contributed by atoms with E-state index in [1.807, 2.05) is 18.2 Å². The van der Waals surface area contributed by atoms with Crippen LogP contribution in [0, 0.1) is 10.1 Å². The van der Waals surface area contributed by atoms with E-state index in [1.165, 1.54) is 18.6 Å². The molecule has 0 aliphatic heterocycles. The minimum absolute atomic E-state index is 0.0167. The van der Waals surface area contributed by atoms with Crippen LogP contribution >= 0.6 is 0 Å². The van der Waals surface area contributed by atoms with Crippen molar-refractivity contribution in [3.05, 3.63) is 64.2 Å². The zero-order valence-corrected chi connectivity index (χ0v) is 17.2. The van der Waals surface area contributed by atoms with E-state index in [0.717, 1.165) is 31.2 Å². The molecule has 9 nitrogen and oxygen atoms in total. The van der Waals surface area contributed by atoms with E-state index < -0.39 is 4.92 Å². The molecule has 164 valence electrons. The predicted molar refractivity (Wildman–Crippen MR) is 117 cm³/mol. The molecule has 9 heteroatoms. The molecule has 0 atom stereocenters. The van der Waals surface area contributed by atoms with Crippen molar-refractivity contribution in [2.45, 2.75) is 38.1 Å². The molecule has 0 heterocycles. The minimum atomic E-state index is -0.456. The van der Waals surface area contributed by atoms with Crippen LogP contribution in [0.1, 0.15) is 37.7 Å². The number of ether oxygens (including phenoxy) is 2. The van der Waals surface area contributed by atoms with Crippen LogP contribution in [0.3, 0.4) is 0 Å². The molecule has 0 aromatic heterocycles. The molecule has 0 radical (unpaired) electrons. The van der Waals surface area contributed by atoms with Crippen molar-refractivity contribution in [1.29, 1.82) is 0 Å². The summed E-state index contributed by atoms with van der Waals surface area (Å²) in [6.07, 6.45) is 7.13. The monoisotopic (exact) mass is 426 g/mol. The number of carbonyl (C=O) groups is 1. The van der Waals surface area contributed by atoms with Crippen LogP contribution in [-0.4, -0.2) is 36.4 Å². The first-order valence-corrected chi connectivity index (χ1v) is 10.3. The number of nitrogens with one attached hydrogen (secondary N) is 2. The Labute approximate surface area is 180 Å². The third kappa shape index (κ3) is 7.61. The molecule has 2 amide bonds. The quantitative estimate of drug-likeness (QED) is 0.272. The summed E-state index contributed by atoms with van der Waals surface area (Å²) in [6.45, 7) is 0.596. The van der Waals surface area contributed by atoms with E-state index in [1.54, 1.807) is 24.4 Å². The van der Waals surface area contributed by atoms with Crippen molar-refractivity contribution in [2.24, 2.45) is 5.10 Å². The number of nitro benzene ring substituents is 1. The van der Waals surface area contributed by atoms with Gasteiger partial charge >= 0.3 is 6.03 Å². The summed E-state index contributed by atoms with van der Waals surface area (Å²) in [6, 6.07) is 13.1. The van der Waals surface area contributed by atoms with E-state index in [4.69, 9.17) is 9.47 Å². The number of carbonyl (C=O) groups excluding carboxylic acids is 1. The molecule has 0 bridgehead atoms. The maximum atomic E-state index is 11.9.